The van der Waals surface area contributed by atoms with E-state index in [-0.39, 0.29) is 35.3 Å². The molecule has 2 fully saturated rings. The Morgan fingerprint density at radius 1 is 1.18 bits per heavy atom. The number of carbonyl (C=O) groups excluding carboxylic acids is 2. The molecule has 0 aromatic heterocycles. The van der Waals surface area contributed by atoms with E-state index in [1.165, 1.54) is 6.07 Å². The maximum absolute atomic E-state index is 14.2. The number of urea groups is 1. The van der Waals surface area contributed by atoms with Crippen molar-refractivity contribution in [2.45, 2.75) is 69.9 Å². The number of rotatable bonds is 3. The monoisotopic (exact) mass is 469 g/mol. The number of likely N-dealkylation sites (tertiary alicyclic amines) is 1. The minimum atomic E-state index is -0.355. The van der Waals surface area contributed by atoms with E-state index in [1.54, 1.807) is 38.1 Å². The fourth-order valence-corrected chi connectivity index (χ4v) is 5.98. The van der Waals surface area contributed by atoms with Crippen LogP contribution in [-0.4, -0.2) is 67.7 Å². The van der Waals surface area contributed by atoms with Gasteiger partial charge in [-0.2, -0.15) is 0 Å². The van der Waals surface area contributed by atoms with Gasteiger partial charge in [0.25, 0.3) is 0 Å². The summed E-state index contributed by atoms with van der Waals surface area (Å²) in [5.41, 5.74) is 1.62. The zero-order valence-corrected chi connectivity index (χ0v) is 20.8. The summed E-state index contributed by atoms with van der Waals surface area (Å²) in [6, 6.07) is 5.23. The summed E-state index contributed by atoms with van der Waals surface area (Å²) in [6.07, 6.45) is 5.10. The van der Waals surface area contributed by atoms with E-state index in [1.807, 2.05) is 11.8 Å². The number of fused-ring (bicyclic) bond motifs is 2. The summed E-state index contributed by atoms with van der Waals surface area (Å²) < 4.78 is 19.7. The van der Waals surface area contributed by atoms with Crippen LogP contribution in [0.2, 0.25) is 0 Å². The lowest BCUT2D eigenvalue weighted by atomic mass is 9.73. The van der Waals surface area contributed by atoms with E-state index in [0.717, 1.165) is 62.9 Å². The molecule has 0 N–H and O–H groups in total. The molecule has 1 aliphatic carbocycles. The van der Waals surface area contributed by atoms with Crippen LogP contribution < -0.4 is 4.90 Å². The molecule has 34 heavy (non-hydrogen) atoms. The summed E-state index contributed by atoms with van der Waals surface area (Å²) in [5, 5.41) is 0. The van der Waals surface area contributed by atoms with Crippen LogP contribution in [0.25, 0.3) is 0 Å². The summed E-state index contributed by atoms with van der Waals surface area (Å²) in [4.78, 5) is 31.2. The second-order valence-corrected chi connectivity index (χ2v) is 10.2. The Morgan fingerprint density at radius 2 is 1.85 bits per heavy atom. The summed E-state index contributed by atoms with van der Waals surface area (Å²) in [5.74, 6) is 5.26. The van der Waals surface area contributed by atoms with Crippen LogP contribution in [-0.2, 0) is 14.9 Å². The molecule has 2 heterocycles. The largest absolute Gasteiger partial charge is 0.449 e. The first-order chi connectivity index (χ1) is 16.2. The van der Waals surface area contributed by atoms with E-state index in [0.29, 0.717) is 12.6 Å². The van der Waals surface area contributed by atoms with Crippen molar-refractivity contribution in [1.82, 2.24) is 9.80 Å². The minimum absolute atomic E-state index is 0.0382. The van der Waals surface area contributed by atoms with Crippen molar-refractivity contribution in [3.8, 4) is 11.8 Å². The van der Waals surface area contributed by atoms with Crippen LogP contribution in [0, 0.1) is 23.6 Å². The Bertz CT molecular complexity index is 983. The average molecular weight is 470 g/mol. The zero-order valence-electron chi connectivity index (χ0n) is 20.8. The summed E-state index contributed by atoms with van der Waals surface area (Å²) >= 11 is 0. The number of hydrogen-bond acceptors (Lipinski definition) is 4. The van der Waals surface area contributed by atoms with Crippen molar-refractivity contribution in [3.63, 3.8) is 0 Å². The highest BCUT2D eigenvalue weighted by Gasteiger charge is 2.47. The number of nitrogens with zero attached hydrogens (tertiary/aromatic N) is 3. The molecule has 7 heteroatoms. The molecule has 1 saturated heterocycles. The van der Waals surface area contributed by atoms with Gasteiger partial charge in [0.05, 0.1) is 5.92 Å². The van der Waals surface area contributed by atoms with Gasteiger partial charge in [-0.15, -0.1) is 5.92 Å². The Kier molecular flexibility index (Phi) is 7.18. The van der Waals surface area contributed by atoms with Crippen molar-refractivity contribution in [2.24, 2.45) is 5.92 Å². The lowest BCUT2D eigenvalue weighted by Crippen LogP contribution is -2.50. The molecule has 1 atom stereocenters. The van der Waals surface area contributed by atoms with Gasteiger partial charge in [-0.1, -0.05) is 5.92 Å². The SMILES string of the molecule is CC#CC(C)OC(=O)C1CCC(N2CCC3(CC2)CN(C(=O)N(C)C)c2ccc(F)cc23)CC1. The predicted molar refractivity (Wildman–Crippen MR) is 130 cm³/mol. The van der Waals surface area contributed by atoms with Crippen LogP contribution in [0.5, 0.6) is 0 Å². The van der Waals surface area contributed by atoms with Gasteiger partial charge in [0.1, 0.15) is 5.82 Å². The number of hydrogen-bond donors (Lipinski definition) is 0. The third kappa shape index (κ3) is 4.79. The van der Waals surface area contributed by atoms with Crippen LogP contribution in [0.3, 0.4) is 0 Å². The van der Waals surface area contributed by atoms with E-state index in [9.17, 15) is 14.0 Å². The Labute approximate surface area is 202 Å². The molecule has 1 aromatic rings. The van der Waals surface area contributed by atoms with Gasteiger partial charge in [-0.05, 0) is 89.2 Å². The minimum Gasteiger partial charge on any atom is -0.449 e. The zero-order chi connectivity index (χ0) is 24.5. The molecular formula is C27H36FN3O3. The second-order valence-electron chi connectivity index (χ2n) is 10.2. The molecule has 0 bridgehead atoms. The van der Waals surface area contributed by atoms with Gasteiger partial charge in [-0.25, -0.2) is 9.18 Å². The molecular weight excluding hydrogens is 433 g/mol. The maximum Gasteiger partial charge on any atom is 0.323 e. The lowest BCUT2D eigenvalue weighted by molar-refractivity contribution is -0.152. The molecule has 0 radical (unpaired) electrons. The summed E-state index contributed by atoms with van der Waals surface area (Å²) in [6.45, 7) is 6.00. The van der Waals surface area contributed by atoms with Gasteiger partial charge < -0.3 is 14.5 Å². The number of carbonyl (C=O) groups is 2. The number of esters is 1. The summed E-state index contributed by atoms with van der Waals surface area (Å²) in [7, 11) is 3.51. The first-order valence-corrected chi connectivity index (χ1v) is 12.4. The van der Waals surface area contributed by atoms with Gasteiger partial charge in [0.2, 0.25) is 0 Å². The van der Waals surface area contributed by atoms with E-state index in [2.05, 4.69) is 16.7 Å². The Morgan fingerprint density at radius 3 is 2.47 bits per heavy atom. The van der Waals surface area contributed by atoms with Crippen molar-refractivity contribution >= 4 is 17.7 Å². The van der Waals surface area contributed by atoms with Gasteiger partial charge in [0.15, 0.2) is 6.10 Å². The maximum atomic E-state index is 14.2. The van der Waals surface area contributed by atoms with Crippen LogP contribution in [0.15, 0.2) is 18.2 Å². The fourth-order valence-electron chi connectivity index (χ4n) is 5.98. The molecule has 184 valence electrons. The van der Waals surface area contributed by atoms with Crippen molar-refractivity contribution in [2.75, 3.05) is 38.6 Å². The molecule has 2 amide bonds. The third-order valence-corrected chi connectivity index (χ3v) is 7.84. The quantitative estimate of drug-likeness (QED) is 0.493. The number of piperidine rings is 1. The van der Waals surface area contributed by atoms with Crippen LogP contribution >= 0.6 is 0 Å². The van der Waals surface area contributed by atoms with E-state index < -0.39 is 0 Å². The second kappa shape index (κ2) is 9.95. The fraction of sp³-hybridized carbons (Fsp3) is 0.630. The number of amides is 2. The number of halogens is 1. The lowest BCUT2D eigenvalue weighted by Gasteiger charge is -2.44. The smallest absolute Gasteiger partial charge is 0.323 e. The average Bonchev–Trinajstić information content (AvgIpc) is 3.12. The number of benzene rings is 1. The van der Waals surface area contributed by atoms with Gasteiger partial charge in [-0.3, -0.25) is 9.69 Å². The highest BCUT2D eigenvalue weighted by atomic mass is 19.1. The number of anilines is 1. The number of ether oxygens (including phenoxy) is 1. The van der Waals surface area contributed by atoms with Crippen LogP contribution in [0.4, 0.5) is 14.9 Å². The highest BCUT2D eigenvalue weighted by molar-refractivity contribution is 5.95. The molecule has 3 aliphatic rings. The Hall–Kier alpha value is -2.59. The van der Waals surface area contributed by atoms with Gasteiger partial charge in [0, 0.05) is 37.8 Å². The van der Waals surface area contributed by atoms with Crippen molar-refractivity contribution in [1.29, 1.82) is 0 Å². The van der Waals surface area contributed by atoms with Crippen LogP contribution in [0.1, 0.15) is 57.9 Å². The Balaban J connectivity index is 1.37. The predicted octanol–water partition coefficient (Wildman–Crippen LogP) is 4.17. The first kappa shape index (κ1) is 24.5. The van der Waals surface area contributed by atoms with E-state index in [4.69, 9.17) is 4.74 Å². The normalized spacial score (nSPS) is 24.7. The molecule has 1 spiro atoms. The molecule has 1 saturated carbocycles. The third-order valence-electron chi connectivity index (χ3n) is 7.84. The molecule has 2 aliphatic heterocycles. The molecule has 1 unspecified atom stereocenters. The van der Waals surface area contributed by atoms with Gasteiger partial charge >= 0.3 is 12.0 Å². The highest BCUT2D eigenvalue weighted by Crippen LogP contribution is 2.48. The first-order valence-electron chi connectivity index (χ1n) is 12.4. The molecule has 6 nitrogen and oxygen atoms in total. The van der Waals surface area contributed by atoms with E-state index >= 15 is 0 Å². The topological polar surface area (TPSA) is 53.1 Å². The van der Waals surface area contributed by atoms with Crippen molar-refractivity contribution in [3.05, 3.63) is 29.6 Å². The molecule has 4 rings (SSSR count). The standard InChI is InChI=1S/C27H36FN3O3/c1-5-6-19(2)34-25(32)20-7-10-22(11-8-20)30-15-13-27(14-16-30)18-31(26(33)29(3)4)24-12-9-21(28)17-23(24)27/h9,12,17,19-20,22H,7-8,10-11,13-16,18H2,1-4H3. The molecule has 1 aromatic carbocycles. The van der Waals surface area contributed by atoms with Crippen molar-refractivity contribution < 1.29 is 18.7 Å².